The zero-order valence-electron chi connectivity index (χ0n) is 14.7. The first-order valence-corrected chi connectivity index (χ1v) is 9.18. The van der Waals surface area contributed by atoms with E-state index in [0.717, 1.165) is 19.3 Å². The number of aromatic hydroxyl groups is 1. The molecule has 0 spiro atoms. The highest BCUT2D eigenvalue weighted by atomic mass is 16.5. The van der Waals surface area contributed by atoms with E-state index in [-0.39, 0.29) is 17.4 Å². The molecule has 130 valence electrons. The molecule has 1 aromatic carbocycles. The molecule has 1 rings (SSSR count). The molecule has 3 nitrogen and oxygen atoms in total. The van der Waals surface area contributed by atoms with Crippen LogP contribution in [0.2, 0.25) is 0 Å². The van der Waals surface area contributed by atoms with Gasteiger partial charge in [-0.2, -0.15) is 0 Å². The second-order valence-electron chi connectivity index (χ2n) is 6.22. The summed E-state index contributed by atoms with van der Waals surface area (Å²) in [5.41, 5.74) is 0.252. The Morgan fingerprint density at radius 1 is 1.00 bits per heavy atom. The molecule has 0 radical (unpaired) electrons. The third-order valence-corrected chi connectivity index (χ3v) is 4.23. The third-order valence-electron chi connectivity index (χ3n) is 4.23. The molecule has 23 heavy (non-hydrogen) atoms. The summed E-state index contributed by atoms with van der Waals surface area (Å²) < 4.78 is 5.53. The van der Waals surface area contributed by atoms with Gasteiger partial charge in [-0.05, 0) is 31.4 Å². The first-order chi connectivity index (χ1) is 11.2. The van der Waals surface area contributed by atoms with Crippen molar-refractivity contribution in [2.45, 2.75) is 84.2 Å². The molecule has 0 saturated carbocycles. The Morgan fingerprint density at radius 3 is 2.22 bits per heavy atom. The van der Waals surface area contributed by atoms with Crippen LogP contribution in [0.1, 0.15) is 88.4 Å². The van der Waals surface area contributed by atoms with Gasteiger partial charge in [0.15, 0.2) is 0 Å². The predicted octanol–water partition coefficient (Wildman–Crippen LogP) is 5.86. The van der Waals surface area contributed by atoms with Gasteiger partial charge in [-0.15, -0.1) is 0 Å². The van der Waals surface area contributed by atoms with Crippen molar-refractivity contribution in [2.75, 3.05) is 0 Å². The molecule has 1 N–H and O–H groups in total. The van der Waals surface area contributed by atoms with Crippen molar-refractivity contribution in [3.63, 3.8) is 0 Å². The molecule has 1 atom stereocenters. The van der Waals surface area contributed by atoms with E-state index in [9.17, 15) is 9.90 Å². The Bertz CT molecular complexity index is 442. The minimum atomic E-state index is -0.422. The number of hydrogen-bond donors (Lipinski definition) is 1. The lowest BCUT2D eigenvalue weighted by atomic mass is 10.0. The van der Waals surface area contributed by atoms with Gasteiger partial charge in [-0.25, -0.2) is 4.79 Å². The number of benzene rings is 1. The molecule has 0 saturated heterocycles. The lowest BCUT2D eigenvalue weighted by Crippen LogP contribution is -2.17. The Labute approximate surface area is 141 Å². The number of phenols is 1. The Morgan fingerprint density at radius 2 is 1.61 bits per heavy atom. The summed E-state index contributed by atoms with van der Waals surface area (Å²) in [4.78, 5) is 12.1. The van der Waals surface area contributed by atoms with Crippen LogP contribution in [0.4, 0.5) is 0 Å². The van der Waals surface area contributed by atoms with Crippen molar-refractivity contribution < 1.29 is 14.6 Å². The summed E-state index contributed by atoms with van der Waals surface area (Å²) in [6.07, 6.45) is 11.9. The molecule has 0 heterocycles. The van der Waals surface area contributed by atoms with E-state index in [4.69, 9.17) is 4.74 Å². The van der Waals surface area contributed by atoms with Gasteiger partial charge in [0.05, 0.1) is 0 Å². The number of ether oxygens (including phenoxy) is 1. The summed E-state index contributed by atoms with van der Waals surface area (Å²) in [7, 11) is 0. The first-order valence-electron chi connectivity index (χ1n) is 9.18. The topological polar surface area (TPSA) is 46.5 Å². The normalized spacial score (nSPS) is 12.1. The molecule has 0 bridgehead atoms. The van der Waals surface area contributed by atoms with Crippen LogP contribution in [-0.2, 0) is 4.74 Å². The zero-order chi connectivity index (χ0) is 16.9. The molecule has 0 aliphatic heterocycles. The van der Waals surface area contributed by atoms with Gasteiger partial charge in [-0.1, -0.05) is 70.9 Å². The Hall–Kier alpha value is -1.51. The average Bonchev–Trinajstić information content (AvgIpc) is 2.56. The largest absolute Gasteiger partial charge is 0.507 e. The van der Waals surface area contributed by atoms with Gasteiger partial charge in [0.2, 0.25) is 0 Å². The van der Waals surface area contributed by atoms with Crippen LogP contribution in [0, 0.1) is 0 Å². The number of esters is 1. The van der Waals surface area contributed by atoms with E-state index < -0.39 is 5.97 Å². The van der Waals surface area contributed by atoms with Crippen LogP contribution in [0.5, 0.6) is 5.75 Å². The fourth-order valence-corrected chi connectivity index (χ4v) is 2.71. The van der Waals surface area contributed by atoms with Gasteiger partial charge in [-0.3, -0.25) is 0 Å². The van der Waals surface area contributed by atoms with Crippen LogP contribution < -0.4 is 0 Å². The van der Waals surface area contributed by atoms with Gasteiger partial charge in [0, 0.05) is 0 Å². The number of carbonyl (C=O) groups excluding carboxylic acids is 1. The van der Waals surface area contributed by atoms with Crippen molar-refractivity contribution in [1.29, 1.82) is 0 Å². The maximum atomic E-state index is 12.1. The van der Waals surface area contributed by atoms with E-state index >= 15 is 0 Å². The van der Waals surface area contributed by atoms with E-state index in [1.165, 1.54) is 51.0 Å². The molecule has 0 amide bonds. The number of para-hydroxylation sites is 1. The van der Waals surface area contributed by atoms with Crippen LogP contribution in [-0.4, -0.2) is 17.2 Å². The highest BCUT2D eigenvalue weighted by Gasteiger charge is 2.16. The average molecular weight is 320 g/mol. The number of unbranched alkanes of at least 4 members (excludes halogenated alkanes) is 7. The number of hydrogen-bond acceptors (Lipinski definition) is 3. The molecule has 0 aliphatic carbocycles. The minimum Gasteiger partial charge on any atom is -0.507 e. The number of rotatable bonds is 12. The summed E-state index contributed by atoms with van der Waals surface area (Å²) in [6, 6.07) is 6.54. The van der Waals surface area contributed by atoms with Crippen molar-refractivity contribution in [3.8, 4) is 5.75 Å². The molecule has 1 aromatic rings. The van der Waals surface area contributed by atoms with E-state index in [1.807, 2.05) is 6.92 Å². The van der Waals surface area contributed by atoms with E-state index in [2.05, 4.69) is 6.92 Å². The fraction of sp³-hybridized carbons (Fsp3) is 0.650. The molecule has 1 unspecified atom stereocenters. The van der Waals surface area contributed by atoms with Crippen molar-refractivity contribution in [2.24, 2.45) is 0 Å². The van der Waals surface area contributed by atoms with Gasteiger partial charge >= 0.3 is 5.97 Å². The summed E-state index contributed by atoms with van der Waals surface area (Å²) in [6.45, 7) is 4.27. The second-order valence-corrected chi connectivity index (χ2v) is 6.22. The maximum absolute atomic E-state index is 12.1. The summed E-state index contributed by atoms with van der Waals surface area (Å²) in [5.74, 6) is -0.436. The SMILES string of the molecule is CCCCCCCCCCC(CC)OC(=O)c1ccccc1O. The smallest absolute Gasteiger partial charge is 0.342 e. The highest BCUT2D eigenvalue weighted by Crippen LogP contribution is 2.20. The van der Waals surface area contributed by atoms with Crippen LogP contribution in [0.15, 0.2) is 24.3 Å². The number of carbonyl (C=O) groups is 1. The third kappa shape index (κ3) is 8.06. The molecular weight excluding hydrogens is 288 g/mol. The minimum absolute atomic E-state index is 0.0144. The Balaban J connectivity index is 2.21. The molecule has 3 heteroatoms. The Kier molecular flexibility index (Phi) is 10.2. The van der Waals surface area contributed by atoms with Crippen molar-refractivity contribution >= 4 is 5.97 Å². The molecule has 0 fully saturated rings. The fourth-order valence-electron chi connectivity index (χ4n) is 2.71. The zero-order valence-corrected chi connectivity index (χ0v) is 14.7. The molecule has 0 aliphatic rings. The quantitative estimate of drug-likeness (QED) is 0.387. The van der Waals surface area contributed by atoms with Gasteiger partial charge in [0.1, 0.15) is 17.4 Å². The highest BCUT2D eigenvalue weighted by molar-refractivity contribution is 5.92. The predicted molar refractivity (Wildman–Crippen MR) is 94.8 cm³/mol. The lowest BCUT2D eigenvalue weighted by molar-refractivity contribution is 0.0264. The van der Waals surface area contributed by atoms with Crippen molar-refractivity contribution in [1.82, 2.24) is 0 Å². The molecular formula is C20H32O3. The van der Waals surface area contributed by atoms with Crippen LogP contribution in [0.25, 0.3) is 0 Å². The summed E-state index contributed by atoms with van der Waals surface area (Å²) in [5, 5.41) is 9.70. The monoisotopic (exact) mass is 320 g/mol. The first kappa shape index (κ1) is 19.5. The van der Waals surface area contributed by atoms with Crippen molar-refractivity contribution in [3.05, 3.63) is 29.8 Å². The van der Waals surface area contributed by atoms with Gasteiger partial charge in [0.25, 0.3) is 0 Å². The summed E-state index contributed by atoms with van der Waals surface area (Å²) >= 11 is 0. The molecule has 0 aromatic heterocycles. The van der Waals surface area contributed by atoms with Gasteiger partial charge < -0.3 is 9.84 Å². The van der Waals surface area contributed by atoms with Crippen LogP contribution in [0.3, 0.4) is 0 Å². The number of phenolic OH excluding ortho intramolecular Hbond substituents is 1. The van der Waals surface area contributed by atoms with E-state index in [1.54, 1.807) is 18.2 Å². The van der Waals surface area contributed by atoms with Crippen LogP contribution >= 0.6 is 0 Å². The van der Waals surface area contributed by atoms with E-state index in [0.29, 0.717) is 0 Å². The standard InChI is InChI=1S/C20H32O3/c1-3-5-6-7-8-9-10-11-14-17(4-2)23-20(22)18-15-12-13-16-19(18)21/h12-13,15-17,21H,3-11,14H2,1-2H3. The lowest BCUT2D eigenvalue weighted by Gasteiger charge is -2.16. The second kappa shape index (κ2) is 12.0. The maximum Gasteiger partial charge on any atom is 0.342 e.